The zero-order chi connectivity index (χ0) is 23.8. The third-order valence-electron chi connectivity index (χ3n) is 6.08. The Morgan fingerprint density at radius 1 is 1.09 bits per heavy atom. The maximum absolute atomic E-state index is 12.3. The summed E-state index contributed by atoms with van der Waals surface area (Å²) in [5, 5.41) is 6.48. The van der Waals surface area contributed by atoms with Gasteiger partial charge in [0.25, 0.3) is 0 Å². The third kappa shape index (κ3) is 7.66. The van der Waals surface area contributed by atoms with Gasteiger partial charge in [0.15, 0.2) is 0 Å². The van der Waals surface area contributed by atoms with Crippen LogP contribution in [0.4, 0.5) is 5.69 Å². The lowest BCUT2D eigenvalue weighted by Gasteiger charge is -2.19. The first-order valence-corrected chi connectivity index (χ1v) is 12.5. The number of carbonyl (C=O) groups excluding carboxylic acids is 1. The van der Waals surface area contributed by atoms with Gasteiger partial charge in [-0.05, 0) is 99.3 Å². The molecule has 0 bridgehead atoms. The lowest BCUT2D eigenvalue weighted by atomic mass is 10.0. The molecule has 1 amide bonds. The van der Waals surface area contributed by atoms with Crippen LogP contribution in [0.5, 0.6) is 5.75 Å². The van der Waals surface area contributed by atoms with Crippen molar-refractivity contribution in [1.82, 2.24) is 14.5 Å². The van der Waals surface area contributed by atoms with Crippen LogP contribution in [0.2, 0.25) is 0 Å². The van der Waals surface area contributed by atoms with Crippen LogP contribution in [0.25, 0.3) is 0 Å². The van der Waals surface area contributed by atoms with Crippen LogP contribution in [-0.4, -0.2) is 69.0 Å². The van der Waals surface area contributed by atoms with Crippen molar-refractivity contribution in [2.75, 3.05) is 59.2 Å². The van der Waals surface area contributed by atoms with Crippen molar-refractivity contribution in [3.8, 4) is 5.75 Å². The number of fused-ring (bicyclic) bond motifs is 1. The molecule has 6 nitrogen and oxygen atoms in total. The monoisotopic (exact) mass is 470 g/mol. The van der Waals surface area contributed by atoms with Crippen LogP contribution in [0.15, 0.2) is 35.2 Å². The minimum Gasteiger partial charge on any atom is -0.497 e. The molecular weight excluding hydrogens is 432 g/mol. The van der Waals surface area contributed by atoms with E-state index in [0.717, 1.165) is 43.9 Å². The predicted molar refractivity (Wildman–Crippen MR) is 138 cm³/mol. The molecule has 0 unspecified atom stereocenters. The van der Waals surface area contributed by atoms with Crippen LogP contribution in [0, 0.1) is 13.8 Å². The molecule has 1 aliphatic rings. The molecule has 3 rings (SSSR count). The van der Waals surface area contributed by atoms with Gasteiger partial charge >= 0.3 is 0 Å². The molecule has 0 saturated heterocycles. The van der Waals surface area contributed by atoms with E-state index in [2.05, 4.69) is 58.9 Å². The molecule has 1 heterocycles. The lowest BCUT2D eigenvalue weighted by Crippen LogP contribution is -2.30. The summed E-state index contributed by atoms with van der Waals surface area (Å²) in [7, 11) is 5.90. The fraction of sp³-hybridized carbons (Fsp3) is 0.500. The molecule has 33 heavy (non-hydrogen) atoms. The molecule has 0 saturated carbocycles. The van der Waals surface area contributed by atoms with E-state index in [-0.39, 0.29) is 5.91 Å². The molecular formula is C26H38N4O2S. The number of nitrogens with zero attached hydrogens (tertiary/aromatic N) is 2. The second kappa shape index (κ2) is 12.3. The Bertz CT molecular complexity index is 927. The summed E-state index contributed by atoms with van der Waals surface area (Å²) in [6.07, 6.45) is 2.69. The van der Waals surface area contributed by atoms with Crippen LogP contribution < -0.4 is 15.4 Å². The first kappa shape index (κ1) is 25.4. The van der Waals surface area contributed by atoms with Crippen LogP contribution >= 0.6 is 11.9 Å². The number of benzene rings is 2. The van der Waals surface area contributed by atoms with Crippen molar-refractivity contribution in [3.63, 3.8) is 0 Å². The molecule has 1 aliphatic heterocycles. The number of likely N-dealkylation sites (N-methyl/N-ethyl adjacent to an activating group) is 1. The highest BCUT2D eigenvalue weighted by Gasteiger charge is 2.12. The van der Waals surface area contributed by atoms with Gasteiger partial charge in [-0.15, -0.1) is 0 Å². The van der Waals surface area contributed by atoms with Gasteiger partial charge in [-0.3, -0.25) is 4.79 Å². The Hall–Kier alpha value is -2.22. The summed E-state index contributed by atoms with van der Waals surface area (Å²) in [5.41, 5.74) is 6.40. The normalized spacial score (nSPS) is 14.0. The van der Waals surface area contributed by atoms with E-state index in [1.54, 1.807) is 19.1 Å². The zero-order valence-corrected chi connectivity index (χ0v) is 21.5. The van der Waals surface area contributed by atoms with Gasteiger partial charge in [0.05, 0.1) is 7.11 Å². The van der Waals surface area contributed by atoms with Crippen molar-refractivity contribution < 1.29 is 9.53 Å². The lowest BCUT2D eigenvalue weighted by molar-refractivity contribution is -0.121. The number of aryl methyl sites for hydroxylation is 2. The smallest absolute Gasteiger partial charge is 0.221 e. The number of hydrogen-bond acceptors (Lipinski definition) is 6. The van der Waals surface area contributed by atoms with E-state index in [4.69, 9.17) is 4.74 Å². The number of anilines is 1. The molecule has 0 aromatic heterocycles. The number of rotatable bonds is 10. The Labute approximate surface area is 203 Å². The molecule has 2 aromatic rings. The largest absolute Gasteiger partial charge is 0.497 e. The molecule has 0 aliphatic carbocycles. The van der Waals surface area contributed by atoms with Gasteiger partial charge in [-0.25, -0.2) is 4.31 Å². The number of carbonyl (C=O) groups is 1. The maximum Gasteiger partial charge on any atom is 0.221 e. The standard InChI is InChI=1S/C26H38N4O2S/c1-19-16-24(32-5)17-20(2)26(19)33-30(4)15-10-25(31)28-12-11-27-23-7-6-21-8-13-29(3)14-9-22(21)18-23/h6-7,16-18,27H,8-15H2,1-5H3,(H,28,31). The average Bonchev–Trinajstić information content (AvgIpc) is 2.98. The summed E-state index contributed by atoms with van der Waals surface area (Å²) >= 11 is 1.68. The Morgan fingerprint density at radius 2 is 1.79 bits per heavy atom. The minimum absolute atomic E-state index is 0.0809. The molecule has 0 radical (unpaired) electrons. The first-order chi connectivity index (χ1) is 15.9. The number of hydrogen-bond donors (Lipinski definition) is 2. The van der Waals surface area contributed by atoms with Gasteiger partial charge in [0, 0.05) is 49.7 Å². The quantitative estimate of drug-likeness (QED) is 0.406. The van der Waals surface area contributed by atoms with E-state index in [1.165, 1.54) is 27.1 Å². The fourth-order valence-corrected chi connectivity index (χ4v) is 4.98. The van der Waals surface area contributed by atoms with Gasteiger partial charge in [-0.1, -0.05) is 6.07 Å². The minimum atomic E-state index is 0.0809. The second-order valence-electron chi connectivity index (χ2n) is 8.85. The zero-order valence-electron chi connectivity index (χ0n) is 20.7. The van der Waals surface area contributed by atoms with Crippen molar-refractivity contribution in [1.29, 1.82) is 0 Å². The van der Waals surface area contributed by atoms with Gasteiger partial charge in [-0.2, -0.15) is 0 Å². The number of ether oxygens (including phenoxy) is 1. The van der Waals surface area contributed by atoms with Crippen LogP contribution in [0.3, 0.4) is 0 Å². The fourth-order valence-electron chi connectivity index (χ4n) is 4.08. The summed E-state index contributed by atoms with van der Waals surface area (Å²) in [5.74, 6) is 0.959. The van der Waals surface area contributed by atoms with Crippen molar-refractivity contribution in [2.24, 2.45) is 0 Å². The third-order valence-corrected chi connectivity index (χ3v) is 7.40. The number of methoxy groups -OCH3 is 1. The van der Waals surface area contributed by atoms with E-state index >= 15 is 0 Å². The second-order valence-corrected chi connectivity index (χ2v) is 10.1. The Kier molecular flexibility index (Phi) is 9.47. The van der Waals surface area contributed by atoms with Gasteiger partial charge in [0.1, 0.15) is 5.75 Å². The van der Waals surface area contributed by atoms with Gasteiger partial charge < -0.3 is 20.3 Å². The average molecular weight is 471 g/mol. The molecule has 2 aromatic carbocycles. The van der Waals surface area contributed by atoms with Crippen molar-refractivity contribution in [2.45, 2.75) is 38.0 Å². The van der Waals surface area contributed by atoms with Crippen molar-refractivity contribution in [3.05, 3.63) is 52.6 Å². The Balaban J connectivity index is 1.36. The molecule has 0 atom stereocenters. The predicted octanol–water partition coefficient (Wildman–Crippen LogP) is 3.90. The highest BCUT2D eigenvalue weighted by atomic mass is 32.2. The van der Waals surface area contributed by atoms with Crippen LogP contribution in [0.1, 0.15) is 28.7 Å². The molecule has 0 fully saturated rings. The first-order valence-electron chi connectivity index (χ1n) is 11.7. The summed E-state index contributed by atoms with van der Waals surface area (Å²) < 4.78 is 7.46. The highest BCUT2D eigenvalue weighted by molar-refractivity contribution is 7.97. The summed E-state index contributed by atoms with van der Waals surface area (Å²) in [6.45, 7) is 8.44. The summed E-state index contributed by atoms with van der Waals surface area (Å²) in [6, 6.07) is 10.8. The maximum atomic E-state index is 12.3. The SMILES string of the molecule is COc1cc(C)c(SN(C)CCC(=O)NCCNc2ccc3c(c2)CCN(C)CC3)c(C)c1. The van der Waals surface area contributed by atoms with E-state index in [0.29, 0.717) is 19.5 Å². The molecule has 0 spiro atoms. The highest BCUT2D eigenvalue weighted by Crippen LogP contribution is 2.31. The number of nitrogens with one attached hydrogen (secondary N) is 2. The van der Waals surface area contributed by atoms with Gasteiger partial charge in [0.2, 0.25) is 5.91 Å². The van der Waals surface area contributed by atoms with E-state index in [9.17, 15) is 4.79 Å². The van der Waals surface area contributed by atoms with Crippen molar-refractivity contribution >= 4 is 23.5 Å². The topological polar surface area (TPSA) is 56.8 Å². The van der Waals surface area contributed by atoms with E-state index in [1.807, 2.05) is 19.2 Å². The van der Waals surface area contributed by atoms with Crippen LogP contribution in [-0.2, 0) is 17.6 Å². The molecule has 2 N–H and O–H groups in total. The van der Waals surface area contributed by atoms with E-state index < -0.39 is 0 Å². The Morgan fingerprint density at radius 3 is 2.48 bits per heavy atom. The summed E-state index contributed by atoms with van der Waals surface area (Å²) in [4.78, 5) is 15.9. The number of amides is 1. The molecule has 180 valence electrons. The molecule has 7 heteroatoms.